The average Bonchev–Trinajstić information content (AvgIpc) is 2.32. The Morgan fingerprint density at radius 1 is 1.33 bits per heavy atom. The van der Waals surface area contributed by atoms with Crippen LogP contribution in [0.4, 0.5) is 0 Å². The zero-order valence-corrected chi connectivity index (χ0v) is 10.0. The van der Waals surface area contributed by atoms with E-state index in [0.29, 0.717) is 12.1 Å². The molecular weight excluding hydrogens is 234 g/mol. The van der Waals surface area contributed by atoms with Gasteiger partial charge >= 0.3 is 0 Å². The Hall–Kier alpha value is -1.59. The van der Waals surface area contributed by atoms with Gasteiger partial charge in [0, 0.05) is 12.1 Å². The van der Waals surface area contributed by atoms with Gasteiger partial charge in [-0.15, -0.1) is 0 Å². The fraction of sp³-hybridized carbons (Fsp3) is 0.462. The van der Waals surface area contributed by atoms with Crippen LogP contribution in [0.15, 0.2) is 18.2 Å². The minimum Gasteiger partial charge on any atom is -0.504 e. The van der Waals surface area contributed by atoms with Gasteiger partial charge in [0.1, 0.15) is 0 Å². The molecule has 1 aliphatic rings. The number of aromatic hydroxyl groups is 2. The summed E-state index contributed by atoms with van der Waals surface area (Å²) in [5, 5.41) is 28.0. The molecule has 0 radical (unpaired) electrons. The van der Waals surface area contributed by atoms with Gasteiger partial charge in [0.25, 0.3) is 0 Å². The molecule has 1 saturated heterocycles. The highest BCUT2D eigenvalue weighted by atomic mass is 16.3. The number of ketones is 1. The number of phenols is 2. The molecule has 98 valence electrons. The maximum absolute atomic E-state index is 12.0. The number of carbonyl (C=O) groups is 1. The quantitative estimate of drug-likeness (QED) is 0.545. The molecule has 0 saturated carbocycles. The summed E-state index contributed by atoms with van der Waals surface area (Å²) in [4.78, 5) is 13.9. The second kappa shape index (κ2) is 5.37. The van der Waals surface area contributed by atoms with Crippen molar-refractivity contribution in [1.29, 1.82) is 0 Å². The largest absolute Gasteiger partial charge is 0.504 e. The Labute approximate surface area is 105 Å². The van der Waals surface area contributed by atoms with E-state index >= 15 is 0 Å². The number of carbonyl (C=O) groups excluding carboxylic acids is 1. The lowest BCUT2D eigenvalue weighted by Crippen LogP contribution is -2.41. The maximum atomic E-state index is 12.0. The summed E-state index contributed by atoms with van der Waals surface area (Å²) in [6.07, 6.45) is 1.31. The summed E-state index contributed by atoms with van der Waals surface area (Å²) >= 11 is 0. The third kappa shape index (κ3) is 3.00. The van der Waals surface area contributed by atoms with E-state index in [-0.39, 0.29) is 29.9 Å². The Bertz CT molecular complexity index is 447. The molecule has 1 aromatic rings. The van der Waals surface area contributed by atoms with E-state index in [1.54, 1.807) is 0 Å². The summed E-state index contributed by atoms with van der Waals surface area (Å²) in [7, 11) is 0. The number of β-amino-alcohol motifs (C(OH)–C–C–N with tert-alkyl or cyclic N) is 1. The van der Waals surface area contributed by atoms with Crippen LogP contribution in [0.1, 0.15) is 23.2 Å². The van der Waals surface area contributed by atoms with Crippen molar-refractivity contribution in [2.75, 3.05) is 19.6 Å². The number of hydrogen-bond donors (Lipinski definition) is 3. The first-order chi connectivity index (χ1) is 8.56. The molecule has 1 atom stereocenters. The zero-order chi connectivity index (χ0) is 13.1. The predicted molar refractivity (Wildman–Crippen MR) is 65.8 cm³/mol. The summed E-state index contributed by atoms with van der Waals surface area (Å²) in [6.45, 7) is 1.53. The molecule has 5 heteroatoms. The van der Waals surface area contributed by atoms with Crippen LogP contribution in [0.2, 0.25) is 0 Å². The predicted octanol–water partition coefficient (Wildman–Crippen LogP) is 0.737. The SMILES string of the molecule is O=C(CN1CCCC(O)C1)c1ccc(O)c(O)c1. The van der Waals surface area contributed by atoms with Gasteiger partial charge in [0.05, 0.1) is 12.6 Å². The van der Waals surface area contributed by atoms with Crippen molar-refractivity contribution in [3.63, 3.8) is 0 Å². The Morgan fingerprint density at radius 3 is 2.78 bits per heavy atom. The molecular formula is C13H17NO4. The van der Waals surface area contributed by atoms with Crippen LogP contribution < -0.4 is 0 Å². The first-order valence-electron chi connectivity index (χ1n) is 6.02. The van der Waals surface area contributed by atoms with E-state index in [2.05, 4.69) is 0 Å². The lowest BCUT2D eigenvalue weighted by atomic mass is 10.1. The smallest absolute Gasteiger partial charge is 0.176 e. The Balaban J connectivity index is 2.00. The number of rotatable bonds is 3. The van der Waals surface area contributed by atoms with E-state index in [4.69, 9.17) is 0 Å². The molecule has 1 heterocycles. The fourth-order valence-corrected chi connectivity index (χ4v) is 2.17. The van der Waals surface area contributed by atoms with Gasteiger partial charge in [-0.2, -0.15) is 0 Å². The molecule has 1 aliphatic heterocycles. The lowest BCUT2D eigenvalue weighted by Gasteiger charge is -2.29. The third-order valence-corrected chi connectivity index (χ3v) is 3.15. The summed E-state index contributed by atoms with van der Waals surface area (Å²) in [5.74, 6) is -0.654. The highest BCUT2D eigenvalue weighted by Crippen LogP contribution is 2.25. The molecule has 0 spiro atoms. The molecule has 2 rings (SSSR count). The highest BCUT2D eigenvalue weighted by molar-refractivity contribution is 5.98. The van der Waals surface area contributed by atoms with Crippen molar-refractivity contribution in [2.45, 2.75) is 18.9 Å². The van der Waals surface area contributed by atoms with Crippen molar-refractivity contribution < 1.29 is 20.1 Å². The van der Waals surface area contributed by atoms with Crippen LogP contribution in [0.5, 0.6) is 11.5 Å². The van der Waals surface area contributed by atoms with Gasteiger partial charge in [-0.3, -0.25) is 9.69 Å². The number of phenolic OH excluding ortho intramolecular Hbond substituents is 2. The Kier molecular flexibility index (Phi) is 3.84. The van der Waals surface area contributed by atoms with Gasteiger partial charge in [0.2, 0.25) is 0 Å². The van der Waals surface area contributed by atoms with Gasteiger partial charge < -0.3 is 15.3 Å². The van der Waals surface area contributed by atoms with Crippen molar-refractivity contribution >= 4 is 5.78 Å². The lowest BCUT2D eigenvalue weighted by molar-refractivity contribution is 0.0634. The average molecular weight is 251 g/mol. The van der Waals surface area contributed by atoms with E-state index in [1.165, 1.54) is 18.2 Å². The number of hydrogen-bond acceptors (Lipinski definition) is 5. The number of piperidine rings is 1. The summed E-state index contributed by atoms with van der Waals surface area (Å²) in [6, 6.07) is 4.05. The Morgan fingerprint density at radius 2 is 2.11 bits per heavy atom. The summed E-state index contributed by atoms with van der Waals surface area (Å²) in [5.41, 5.74) is 0.366. The van der Waals surface area contributed by atoms with Crippen molar-refractivity contribution in [1.82, 2.24) is 4.90 Å². The maximum Gasteiger partial charge on any atom is 0.176 e. The monoisotopic (exact) mass is 251 g/mol. The van der Waals surface area contributed by atoms with Gasteiger partial charge in [-0.05, 0) is 37.6 Å². The molecule has 0 bridgehead atoms. The van der Waals surface area contributed by atoms with E-state index in [0.717, 1.165) is 19.4 Å². The number of aliphatic hydroxyl groups excluding tert-OH is 1. The molecule has 18 heavy (non-hydrogen) atoms. The third-order valence-electron chi connectivity index (χ3n) is 3.15. The van der Waals surface area contributed by atoms with Crippen molar-refractivity contribution in [2.24, 2.45) is 0 Å². The second-order valence-corrected chi connectivity index (χ2v) is 4.66. The fourth-order valence-electron chi connectivity index (χ4n) is 2.17. The number of aliphatic hydroxyl groups is 1. The van der Waals surface area contributed by atoms with Crippen LogP contribution in [0.25, 0.3) is 0 Å². The topological polar surface area (TPSA) is 81.0 Å². The van der Waals surface area contributed by atoms with Crippen molar-refractivity contribution in [3.8, 4) is 11.5 Å². The van der Waals surface area contributed by atoms with Crippen LogP contribution in [0.3, 0.4) is 0 Å². The standard InChI is InChI=1S/C13H17NO4/c15-10-2-1-5-14(7-10)8-13(18)9-3-4-11(16)12(17)6-9/h3-4,6,10,15-17H,1-2,5,7-8H2. The zero-order valence-electron chi connectivity index (χ0n) is 10.0. The van der Waals surface area contributed by atoms with Crippen LogP contribution in [-0.2, 0) is 0 Å². The highest BCUT2D eigenvalue weighted by Gasteiger charge is 2.20. The minimum atomic E-state index is -0.361. The van der Waals surface area contributed by atoms with Gasteiger partial charge in [-0.1, -0.05) is 0 Å². The van der Waals surface area contributed by atoms with E-state index < -0.39 is 0 Å². The molecule has 0 amide bonds. The molecule has 0 aromatic heterocycles. The van der Waals surface area contributed by atoms with E-state index in [1.807, 2.05) is 4.90 Å². The van der Waals surface area contributed by atoms with Crippen LogP contribution in [0, 0.1) is 0 Å². The molecule has 5 nitrogen and oxygen atoms in total. The van der Waals surface area contributed by atoms with Crippen molar-refractivity contribution in [3.05, 3.63) is 23.8 Å². The molecule has 1 aromatic carbocycles. The van der Waals surface area contributed by atoms with Gasteiger partial charge in [-0.25, -0.2) is 0 Å². The minimum absolute atomic E-state index is 0.126. The van der Waals surface area contributed by atoms with Gasteiger partial charge in [0.15, 0.2) is 17.3 Å². The van der Waals surface area contributed by atoms with Crippen LogP contribution >= 0.6 is 0 Å². The number of benzene rings is 1. The normalized spacial score (nSPS) is 20.8. The summed E-state index contributed by atoms with van der Waals surface area (Å²) < 4.78 is 0. The molecule has 3 N–H and O–H groups in total. The number of likely N-dealkylation sites (tertiary alicyclic amines) is 1. The van der Waals surface area contributed by atoms with Crippen LogP contribution in [-0.4, -0.2) is 51.7 Å². The second-order valence-electron chi connectivity index (χ2n) is 4.66. The number of nitrogens with zero attached hydrogens (tertiary/aromatic N) is 1. The first kappa shape index (κ1) is 12.9. The molecule has 0 aliphatic carbocycles. The van der Waals surface area contributed by atoms with E-state index in [9.17, 15) is 20.1 Å². The number of Topliss-reactive ketones (excluding diaryl/α,β-unsaturated/α-hetero) is 1. The molecule has 1 fully saturated rings. The first-order valence-corrected chi connectivity index (χ1v) is 6.02. The molecule has 1 unspecified atom stereocenters.